The highest BCUT2D eigenvalue weighted by Gasteiger charge is 2.31. The van der Waals surface area contributed by atoms with E-state index in [0.717, 1.165) is 4.90 Å². The molecule has 0 aromatic heterocycles. The van der Waals surface area contributed by atoms with Gasteiger partial charge in [0.15, 0.2) is 6.10 Å². The Balaban J connectivity index is 2.05. The molecule has 1 aliphatic rings. The predicted molar refractivity (Wildman–Crippen MR) is 83.4 cm³/mol. The highest BCUT2D eigenvalue weighted by atomic mass is 35.5. The van der Waals surface area contributed by atoms with Crippen LogP contribution in [0.1, 0.15) is 20.8 Å². The summed E-state index contributed by atoms with van der Waals surface area (Å²) in [4.78, 5) is 24.1. The van der Waals surface area contributed by atoms with Crippen LogP contribution in [0.25, 0.3) is 0 Å². The molecule has 2 rings (SSSR count). The van der Waals surface area contributed by atoms with Crippen molar-refractivity contribution in [3.8, 4) is 5.75 Å². The summed E-state index contributed by atoms with van der Waals surface area (Å²) in [7, 11) is 0. The van der Waals surface area contributed by atoms with Crippen LogP contribution in [0.5, 0.6) is 5.75 Å². The number of carbonyl (C=O) groups excluding carboxylic acids is 1. The first kappa shape index (κ1) is 17.2. The minimum absolute atomic E-state index is 0.0193. The summed E-state index contributed by atoms with van der Waals surface area (Å²) in [5, 5.41) is 9.72. The summed E-state index contributed by atoms with van der Waals surface area (Å²) in [6.07, 6.45) is -2.60. The number of carboxylic acid groups (broad SMARTS) is 1. The minimum Gasteiger partial charge on any atom is -0.483 e. The summed E-state index contributed by atoms with van der Waals surface area (Å²) < 4.78 is 15.7. The van der Waals surface area contributed by atoms with Gasteiger partial charge in [0.05, 0.1) is 12.2 Å². The molecule has 1 aromatic rings. The molecule has 1 amide bonds. The van der Waals surface area contributed by atoms with Crippen molar-refractivity contribution in [1.82, 2.24) is 0 Å². The van der Waals surface area contributed by atoms with Crippen LogP contribution in [-0.4, -0.2) is 42.2 Å². The molecule has 1 aliphatic heterocycles. The van der Waals surface area contributed by atoms with Gasteiger partial charge in [0.25, 0.3) is 0 Å². The van der Waals surface area contributed by atoms with E-state index in [2.05, 4.69) is 0 Å². The number of nitrogens with zero attached hydrogens (tertiary/aromatic N) is 1. The summed E-state index contributed by atoms with van der Waals surface area (Å²) in [5.74, 6) is 0.362. The van der Waals surface area contributed by atoms with Gasteiger partial charge in [0.1, 0.15) is 18.0 Å². The van der Waals surface area contributed by atoms with Crippen LogP contribution >= 0.6 is 11.6 Å². The summed E-state index contributed by atoms with van der Waals surface area (Å²) in [6, 6.07) is 4.68. The third kappa shape index (κ3) is 4.66. The van der Waals surface area contributed by atoms with Crippen molar-refractivity contribution in [1.29, 1.82) is 0 Å². The summed E-state index contributed by atoms with van der Waals surface area (Å²) in [5.41, 5.74) is -0.306. The first-order valence-corrected chi connectivity index (χ1v) is 7.36. The molecule has 1 heterocycles. The Morgan fingerprint density at radius 3 is 2.74 bits per heavy atom. The topological polar surface area (TPSA) is 85.3 Å². The van der Waals surface area contributed by atoms with Gasteiger partial charge < -0.3 is 19.3 Å². The number of rotatable bonds is 2. The Bertz CT molecular complexity index is 612. The number of anilines is 1. The molecule has 8 heteroatoms. The predicted octanol–water partition coefficient (Wildman–Crippen LogP) is 3.54. The van der Waals surface area contributed by atoms with Crippen LogP contribution in [-0.2, 0) is 9.47 Å². The average molecular weight is 344 g/mol. The van der Waals surface area contributed by atoms with E-state index in [9.17, 15) is 14.7 Å². The molecule has 126 valence electrons. The van der Waals surface area contributed by atoms with Crippen LogP contribution in [0.3, 0.4) is 0 Å². The van der Waals surface area contributed by atoms with Crippen molar-refractivity contribution in [2.45, 2.75) is 32.5 Å². The molecule has 0 radical (unpaired) electrons. The number of hydrogen-bond acceptors (Lipinski definition) is 5. The highest BCUT2D eigenvalue weighted by molar-refractivity contribution is 6.31. The fourth-order valence-electron chi connectivity index (χ4n) is 2.03. The zero-order valence-corrected chi connectivity index (χ0v) is 13.8. The quantitative estimate of drug-likeness (QED) is 0.827. The number of fused-ring (bicyclic) bond motifs is 1. The molecule has 1 aromatic carbocycles. The van der Waals surface area contributed by atoms with Crippen molar-refractivity contribution in [2.75, 3.05) is 18.1 Å². The largest absolute Gasteiger partial charge is 0.508 e. The van der Waals surface area contributed by atoms with E-state index in [-0.39, 0.29) is 13.2 Å². The van der Waals surface area contributed by atoms with Gasteiger partial charge in [-0.1, -0.05) is 11.6 Å². The first-order valence-electron chi connectivity index (χ1n) is 6.98. The number of benzene rings is 1. The lowest BCUT2D eigenvalue weighted by Crippen LogP contribution is -2.45. The molecule has 1 N–H and O–H groups in total. The van der Waals surface area contributed by atoms with Crippen molar-refractivity contribution < 1.29 is 28.9 Å². The van der Waals surface area contributed by atoms with Crippen LogP contribution in [0.15, 0.2) is 18.2 Å². The van der Waals surface area contributed by atoms with Gasteiger partial charge >= 0.3 is 12.2 Å². The number of hydrogen-bond donors (Lipinski definition) is 1. The van der Waals surface area contributed by atoms with Gasteiger partial charge in [0, 0.05) is 5.02 Å². The van der Waals surface area contributed by atoms with Crippen LogP contribution in [0.4, 0.5) is 15.3 Å². The van der Waals surface area contributed by atoms with Crippen LogP contribution in [0.2, 0.25) is 5.02 Å². The molecule has 0 bridgehead atoms. The fraction of sp³-hybridized carbons (Fsp3) is 0.467. The monoisotopic (exact) mass is 343 g/mol. The maximum atomic E-state index is 11.6. The zero-order valence-electron chi connectivity index (χ0n) is 13.0. The maximum absolute atomic E-state index is 11.6. The normalized spacial score (nSPS) is 17.0. The SMILES string of the molecule is CC(C)(C)OC(=O)OC[C@@H]1CN(C(=O)O)c2cc(Cl)ccc2O1. The molecule has 0 saturated heterocycles. The molecule has 0 saturated carbocycles. The second-order valence-corrected chi connectivity index (χ2v) is 6.46. The first-order chi connectivity index (χ1) is 10.7. The molecule has 0 aliphatic carbocycles. The number of ether oxygens (including phenoxy) is 3. The number of carbonyl (C=O) groups is 2. The minimum atomic E-state index is -1.14. The summed E-state index contributed by atoms with van der Waals surface area (Å²) >= 11 is 5.89. The average Bonchev–Trinajstić information content (AvgIpc) is 2.42. The Labute approximate surface area is 138 Å². The van der Waals surface area contributed by atoms with Gasteiger partial charge in [-0.2, -0.15) is 0 Å². The third-order valence-electron chi connectivity index (χ3n) is 2.90. The van der Waals surface area contributed by atoms with E-state index >= 15 is 0 Å². The molecule has 7 nitrogen and oxygen atoms in total. The van der Waals surface area contributed by atoms with Crippen LogP contribution < -0.4 is 9.64 Å². The number of halogens is 1. The maximum Gasteiger partial charge on any atom is 0.508 e. The molecular formula is C15H18ClNO6. The molecule has 0 spiro atoms. The Kier molecular flexibility index (Phi) is 4.89. The van der Waals surface area contributed by atoms with Gasteiger partial charge in [-0.3, -0.25) is 4.90 Å². The van der Waals surface area contributed by atoms with Crippen molar-refractivity contribution in [3.05, 3.63) is 23.2 Å². The van der Waals surface area contributed by atoms with Gasteiger partial charge in [-0.25, -0.2) is 9.59 Å². The van der Waals surface area contributed by atoms with Gasteiger partial charge in [-0.15, -0.1) is 0 Å². The smallest absolute Gasteiger partial charge is 0.483 e. The molecule has 0 unspecified atom stereocenters. The van der Waals surface area contributed by atoms with E-state index in [0.29, 0.717) is 16.5 Å². The van der Waals surface area contributed by atoms with E-state index in [4.69, 9.17) is 25.8 Å². The second kappa shape index (κ2) is 6.54. The Hall–Kier alpha value is -2.15. The van der Waals surface area contributed by atoms with Gasteiger partial charge in [0.2, 0.25) is 0 Å². The lowest BCUT2D eigenvalue weighted by Gasteiger charge is -2.33. The van der Waals surface area contributed by atoms with E-state index in [1.54, 1.807) is 32.9 Å². The Morgan fingerprint density at radius 2 is 2.13 bits per heavy atom. The van der Waals surface area contributed by atoms with Crippen molar-refractivity contribution in [2.24, 2.45) is 0 Å². The molecule has 1 atom stereocenters. The van der Waals surface area contributed by atoms with Crippen molar-refractivity contribution in [3.63, 3.8) is 0 Å². The highest BCUT2D eigenvalue weighted by Crippen LogP contribution is 2.35. The van der Waals surface area contributed by atoms with Gasteiger partial charge in [-0.05, 0) is 39.0 Å². The lowest BCUT2D eigenvalue weighted by atomic mass is 10.2. The molecular weight excluding hydrogens is 326 g/mol. The van der Waals surface area contributed by atoms with Crippen LogP contribution in [0, 0.1) is 0 Å². The van der Waals surface area contributed by atoms with E-state index in [1.807, 2.05) is 0 Å². The second-order valence-electron chi connectivity index (χ2n) is 6.02. The van der Waals surface area contributed by atoms with Crippen molar-refractivity contribution >= 4 is 29.5 Å². The number of amides is 1. The third-order valence-corrected chi connectivity index (χ3v) is 3.13. The van der Waals surface area contributed by atoms with E-state index in [1.165, 1.54) is 6.07 Å². The zero-order chi connectivity index (χ0) is 17.2. The standard InChI is InChI=1S/C15H18ClNO6/c1-15(2,3)23-14(20)21-8-10-7-17(13(18)19)11-6-9(16)4-5-12(11)22-10/h4-6,10H,7-8H2,1-3H3,(H,18,19)/t10-/m0/s1. The molecule has 0 fully saturated rings. The Morgan fingerprint density at radius 1 is 1.43 bits per heavy atom. The lowest BCUT2D eigenvalue weighted by molar-refractivity contribution is -0.0211. The van der Waals surface area contributed by atoms with E-state index < -0.39 is 24.0 Å². The fourth-order valence-corrected chi connectivity index (χ4v) is 2.19. The molecule has 23 heavy (non-hydrogen) atoms. The summed E-state index contributed by atoms with van der Waals surface area (Å²) in [6.45, 7) is 5.05.